The Hall–Kier alpha value is -2.59. The molecule has 0 bridgehead atoms. The number of hydrogen-bond acceptors (Lipinski definition) is 9. The summed E-state index contributed by atoms with van der Waals surface area (Å²) >= 11 is 2.95. The maximum atomic E-state index is 11.8. The first-order valence-electron chi connectivity index (χ1n) is 9.04. The number of anilines is 2. The highest BCUT2D eigenvalue weighted by Crippen LogP contribution is 2.39. The van der Waals surface area contributed by atoms with Crippen LogP contribution in [0.5, 0.6) is 0 Å². The van der Waals surface area contributed by atoms with Crippen LogP contribution < -0.4 is 10.7 Å². The molecule has 2 N–H and O–H groups in total. The first-order chi connectivity index (χ1) is 13.6. The molecule has 0 aliphatic heterocycles. The van der Waals surface area contributed by atoms with Crippen LogP contribution in [0.3, 0.4) is 0 Å². The lowest BCUT2D eigenvalue weighted by molar-refractivity contribution is 0.168. The second-order valence-corrected chi connectivity index (χ2v) is 8.24. The number of rotatable bonds is 5. The van der Waals surface area contributed by atoms with E-state index in [0.29, 0.717) is 23.1 Å². The molecule has 146 valence electrons. The Balaban J connectivity index is 1.62. The van der Waals surface area contributed by atoms with Gasteiger partial charge in [0.05, 0.1) is 29.0 Å². The standard InChI is InChI=1S/C18H20N6O2S2/c1-4-26-18(25)21-17-13(10(3)24-28-17)9(2)22-23-15-14-11-6-5-7-12(11)27-16(14)20-8-19-15/h8H,4-7H2,1-3H3,(H,21,25)(H,19,20,23)/b22-9+. The average Bonchev–Trinajstić information content (AvgIpc) is 3.34. The van der Waals surface area contributed by atoms with E-state index in [0.717, 1.165) is 34.3 Å². The third-order valence-electron chi connectivity index (χ3n) is 4.55. The number of aromatic nitrogens is 3. The van der Waals surface area contributed by atoms with Crippen molar-refractivity contribution in [1.82, 2.24) is 14.3 Å². The zero-order valence-electron chi connectivity index (χ0n) is 15.8. The van der Waals surface area contributed by atoms with Crippen molar-refractivity contribution in [2.75, 3.05) is 17.3 Å². The number of nitrogens with one attached hydrogen (secondary N) is 2. The van der Waals surface area contributed by atoms with Gasteiger partial charge in [0.25, 0.3) is 0 Å². The van der Waals surface area contributed by atoms with E-state index in [9.17, 15) is 4.79 Å². The van der Waals surface area contributed by atoms with Crippen LogP contribution in [-0.2, 0) is 17.6 Å². The van der Waals surface area contributed by atoms with Crippen LogP contribution in [-0.4, -0.2) is 32.8 Å². The molecule has 0 fully saturated rings. The number of hydrogen-bond donors (Lipinski definition) is 2. The summed E-state index contributed by atoms with van der Waals surface area (Å²) in [5.74, 6) is 0.712. The molecule has 3 aromatic heterocycles. The highest BCUT2D eigenvalue weighted by atomic mass is 32.1. The molecule has 3 aromatic rings. The number of fused-ring (bicyclic) bond motifs is 3. The number of nitrogens with zero attached hydrogens (tertiary/aromatic N) is 4. The second kappa shape index (κ2) is 7.80. The molecular weight excluding hydrogens is 396 g/mol. The summed E-state index contributed by atoms with van der Waals surface area (Å²) in [5.41, 5.74) is 6.73. The van der Waals surface area contributed by atoms with Gasteiger partial charge in [-0.2, -0.15) is 9.47 Å². The summed E-state index contributed by atoms with van der Waals surface area (Å²) in [6.45, 7) is 5.83. The maximum Gasteiger partial charge on any atom is 0.412 e. The number of aryl methyl sites for hydroxylation is 3. The molecule has 10 heteroatoms. The van der Waals surface area contributed by atoms with Crippen molar-refractivity contribution in [2.45, 2.75) is 40.0 Å². The van der Waals surface area contributed by atoms with Gasteiger partial charge in [0.2, 0.25) is 0 Å². The molecule has 0 spiro atoms. The lowest BCUT2D eigenvalue weighted by atomic mass is 10.1. The number of hydrazone groups is 1. The van der Waals surface area contributed by atoms with Crippen molar-refractivity contribution in [3.05, 3.63) is 28.0 Å². The minimum Gasteiger partial charge on any atom is -0.450 e. The quantitative estimate of drug-likeness (QED) is 0.474. The third-order valence-corrected chi connectivity index (χ3v) is 6.60. The highest BCUT2D eigenvalue weighted by molar-refractivity contribution is 7.19. The molecular formula is C18H20N6O2S2. The van der Waals surface area contributed by atoms with E-state index in [2.05, 4.69) is 30.2 Å². The van der Waals surface area contributed by atoms with E-state index in [1.54, 1.807) is 24.6 Å². The zero-order chi connectivity index (χ0) is 19.7. The van der Waals surface area contributed by atoms with E-state index in [1.807, 2.05) is 13.8 Å². The Bertz CT molecular complexity index is 1070. The summed E-state index contributed by atoms with van der Waals surface area (Å²) < 4.78 is 9.29. The molecule has 1 aliphatic carbocycles. The molecule has 4 rings (SSSR count). The van der Waals surface area contributed by atoms with Gasteiger partial charge in [-0.1, -0.05) is 0 Å². The molecule has 1 amide bonds. The lowest BCUT2D eigenvalue weighted by Gasteiger charge is -2.07. The van der Waals surface area contributed by atoms with E-state index >= 15 is 0 Å². The van der Waals surface area contributed by atoms with Gasteiger partial charge in [-0.25, -0.2) is 14.8 Å². The Labute approximate surface area is 170 Å². The summed E-state index contributed by atoms with van der Waals surface area (Å²) in [6, 6.07) is 0. The van der Waals surface area contributed by atoms with Gasteiger partial charge in [0.1, 0.15) is 16.2 Å². The van der Waals surface area contributed by atoms with Gasteiger partial charge in [-0.15, -0.1) is 11.3 Å². The fraction of sp³-hybridized carbons (Fsp3) is 0.389. The minimum atomic E-state index is -0.500. The van der Waals surface area contributed by atoms with Crippen molar-refractivity contribution in [3.63, 3.8) is 0 Å². The molecule has 28 heavy (non-hydrogen) atoms. The van der Waals surface area contributed by atoms with Crippen LogP contribution in [0.15, 0.2) is 11.4 Å². The summed E-state index contributed by atoms with van der Waals surface area (Å²) in [4.78, 5) is 23.0. The van der Waals surface area contributed by atoms with Crippen molar-refractivity contribution in [1.29, 1.82) is 0 Å². The number of carbonyl (C=O) groups is 1. The van der Waals surface area contributed by atoms with E-state index in [-0.39, 0.29) is 0 Å². The molecule has 3 heterocycles. The average molecular weight is 417 g/mol. The normalized spacial score (nSPS) is 13.6. The number of ether oxygens (including phenoxy) is 1. The fourth-order valence-corrected chi connectivity index (χ4v) is 5.41. The minimum absolute atomic E-state index is 0.308. The largest absolute Gasteiger partial charge is 0.450 e. The predicted octanol–water partition coefficient (Wildman–Crippen LogP) is 4.35. The van der Waals surface area contributed by atoms with Crippen molar-refractivity contribution in [3.8, 4) is 0 Å². The van der Waals surface area contributed by atoms with Gasteiger partial charge >= 0.3 is 6.09 Å². The Morgan fingerprint density at radius 2 is 2.21 bits per heavy atom. The van der Waals surface area contributed by atoms with Crippen LogP contribution in [0.4, 0.5) is 15.6 Å². The summed E-state index contributed by atoms with van der Waals surface area (Å²) in [7, 11) is 0. The van der Waals surface area contributed by atoms with Gasteiger partial charge in [-0.3, -0.25) is 10.7 Å². The monoisotopic (exact) mass is 416 g/mol. The summed E-state index contributed by atoms with van der Waals surface area (Å²) in [6.07, 6.45) is 4.41. The Kier molecular flexibility index (Phi) is 5.23. The van der Waals surface area contributed by atoms with Crippen LogP contribution in [0.25, 0.3) is 10.2 Å². The third kappa shape index (κ3) is 3.45. The van der Waals surface area contributed by atoms with Crippen molar-refractivity contribution in [2.24, 2.45) is 5.10 Å². The van der Waals surface area contributed by atoms with Crippen LogP contribution >= 0.6 is 22.9 Å². The van der Waals surface area contributed by atoms with Crippen LogP contribution in [0, 0.1) is 6.92 Å². The molecule has 0 unspecified atom stereocenters. The molecule has 0 saturated carbocycles. The molecule has 1 aliphatic rings. The topological polar surface area (TPSA) is 101 Å². The number of thiophene rings is 1. The molecule has 0 saturated heterocycles. The van der Waals surface area contributed by atoms with Gasteiger partial charge in [0, 0.05) is 4.88 Å². The SMILES string of the molecule is CCOC(=O)Nc1snc(C)c1/C(C)=N/Nc1ncnc2sc3c(c12)CCC3. The number of carbonyl (C=O) groups excluding carboxylic acids is 1. The molecule has 0 radical (unpaired) electrons. The van der Waals surface area contributed by atoms with E-state index in [1.165, 1.54) is 28.4 Å². The Morgan fingerprint density at radius 3 is 3.04 bits per heavy atom. The van der Waals surface area contributed by atoms with Gasteiger partial charge < -0.3 is 4.74 Å². The first-order valence-corrected chi connectivity index (χ1v) is 10.6. The molecule has 0 aromatic carbocycles. The van der Waals surface area contributed by atoms with Crippen molar-refractivity contribution >= 4 is 55.7 Å². The Morgan fingerprint density at radius 1 is 1.36 bits per heavy atom. The molecule has 8 nitrogen and oxygen atoms in total. The predicted molar refractivity (Wildman–Crippen MR) is 113 cm³/mol. The smallest absolute Gasteiger partial charge is 0.412 e. The molecule has 0 atom stereocenters. The zero-order valence-corrected chi connectivity index (χ0v) is 17.5. The van der Waals surface area contributed by atoms with Gasteiger partial charge in [0.15, 0.2) is 5.82 Å². The van der Waals surface area contributed by atoms with Crippen LogP contribution in [0.2, 0.25) is 0 Å². The van der Waals surface area contributed by atoms with E-state index < -0.39 is 6.09 Å². The first kappa shape index (κ1) is 18.8. The van der Waals surface area contributed by atoms with Crippen LogP contribution in [0.1, 0.15) is 42.0 Å². The fourth-order valence-electron chi connectivity index (χ4n) is 3.35. The highest BCUT2D eigenvalue weighted by Gasteiger charge is 2.21. The maximum absolute atomic E-state index is 11.8. The summed E-state index contributed by atoms with van der Waals surface area (Å²) in [5, 5.41) is 8.94. The second-order valence-electron chi connectivity index (χ2n) is 6.39. The number of amides is 1. The van der Waals surface area contributed by atoms with Gasteiger partial charge in [-0.05, 0) is 57.1 Å². The van der Waals surface area contributed by atoms with E-state index in [4.69, 9.17) is 4.74 Å². The van der Waals surface area contributed by atoms with Crippen molar-refractivity contribution < 1.29 is 9.53 Å². The lowest BCUT2D eigenvalue weighted by Crippen LogP contribution is -2.14.